The maximum absolute atomic E-state index is 13.1. The number of benzene rings is 1. The second kappa shape index (κ2) is 5.81. The van der Waals surface area contributed by atoms with E-state index in [-0.39, 0.29) is 11.8 Å². The molecule has 126 valence electrons. The number of aryl methyl sites for hydroxylation is 1. The van der Waals surface area contributed by atoms with Crippen LogP contribution in [0.4, 0.5) is 11.5 Å². The van der Waals surface area contributed by atoms with Crippen LogP contribution < -0.4 is 11.1 Å². The third-order valence-electron chi connectivity index (χ3n) is 5.20. The summed E-state index contributed by atoms with van der Waals surface area (Å²) in [4.78, 5) is 13.1. The average Bonchev–Trinajstić information content (AvgIpc) is 2.91. The SMILES string of the molecule is CC1CCc2nn(C(=O)C3CCNc4c(Cl)cccc43)c(N)c2C1. The number of carbonyl (C=O) groups excluding carboxylic acids is 1. The van der Waals surface area contributed by atoms with Crippen LogP contribution in [0.5, 0.6) is 0 Å². The first-order valence-corrected chi connectivity index (χ1v) is 8.86. The minimum Gasteiger partial charge on any atom is -0.384 e. The normalized spacial score (nSPS) is 22.4. The maximum Gasteiger partial charge on any atom is 0.256 e. The molecule has 5 nitrogen and oxygen atoms in total. The molecule has 6 heteroatoms. The number of nitrogens with two attached hydrogens (primary N) is 1. The summed E-state index contributed by atoms with van der Waals surface area (Å²) < 4.78 is 1.43. The van der Waals surface area contributed by atoms with E-state index in [9.17, 15) is 4.79 Å². The second-order valence-electron chi connectivity index (χ2n) is 6.88. The number of hydrogen-bond acceptors (Lipinski definition) is 4. The highest BCUT2D eigenvalue weighted by Gasteiger charge is 2.32. The van der Waals surface area contributed by atoms with E-state index in [2.05, 4.69) is 17.3 Å². The number of nitrogens with one attached hydrogen (secondary N) is 1. The highest BCUT2D eigenvalue weighted by atomic mass is 35.5. The van der Waals surface area contributed by atoms with Crippen molar-refractivity contribution in [1.82, 2.24) is 9.78 Å². The number of hydrogen-bond donors (Lipinski definition) is 2. The highest BCUT2D eigenvalue weighted by Crippen LogP contribution is 2.38. The van der Waals surface area contributed by atoms with Gasteiger partial charge < -0.3 is 11.1 Å². The molecule has 1 aliphatic carbocycles. The lowest BCUT2D eigenvalue weighted by Crippen LogP contribution is -2.28. The molecule has 0 spiro atoms. The molecule has 1 aliphatic heterocycles. The predicted molar refractivity (Wildman–Crippen MR) is 95.8 cm³/mol. The van der Waals surface area contributed by atoms with E-state index in [1.807, 2.05) is 18.2 Å². The summed E-state index contributed by atoms with van der Waals surface area (Å²) in [5, 5.41) is 8.48. The number of fused-ring (bicyclic) bond motifs is 2. The number of rotatable bonds is 1. The van der Waals surface area contributed by atoms with E-state index in [1.54, 1.807) is 0 Å². The van der Waals surface area contributed by atoms with Gasteiger partial charge in [0.2, 0.25) is 0 Å². The number of carbonyl (C=O) groups is 1. The van der Waals surface area contributed by atoms with Crippen LogP contribution in [-0.4, -0.2) is 22.2 Å². The fraction of sp³-hybridized carbons (Fsp3) is 0.444. The summed E-state index contributed by atoms with van der Waals surface area (Å²) in [6.07, 6.45) is 3.62. The van der Waals surface area contributed by atoms with Crippen LogP contribution in [0.3, 0.4) is 0 Å². The van der Waals surface area contributed by atoms with Crippen molar-refractivity contribution in [3.63, 3.8) is 0 Å². The molecule has 2 atom stereocenters. The lowest BCUT2D eigenvalue weighted by Gasteiger charge is -2.26. The van der Waals surface area contributed by atoms with E-state index in [4.69, 9.17) is 17.3 Å². The summed E-state index contributed by atoms with van der Waals surface area (Å²) in [6.45, 7) is 2.93. The molecule has 0 radical (unpaired) electrons. The summed E-state index contributed by atoms with van der Waals surface area (Å²) in [5.41, 5.74) is 10.1. The molecule has 2 aromatic rings. The molecule has 2 aliphatic rings. The Morgan fingerprint density at radius 1 is 1.42 bits per heavy atom. The molecule has 1 aromatic heterocycles. The summed E-state index contributed by atoms with van der Waals surface area (Å²) in [6, 6.07) is 5.67. The second-order valence-corrected chi connectivity index (χ2v) is 7.29. The Kier molecular flexibility index (Phi) is 3.76. The van der Waals surface area contributed by atoms with Crippen molar-refractivity contribution in [3.05, 3.63) is 40.0 Å². The Bertz CT molecular complexity index is 814. The zero-order chi connectivity index (χ0) is 16.8. The van der Waals surface area contributed by atoms with Crippen LogP contribution in [0.15, 0.2) is 18.2 Å². The smallest absolute Gasteiger partial charge is 0.256 e. The molecule has 0 fully saturated rings. The van der Waals surface area contributed by atoms with Crippen molar-refractivity contribution < 1.29 is 4.79 Å². The number of para-hydroxylation sites is 1. The molecule has 3 N–H and O–H groups in total. The first kappa shape index (κ1) is 15.5. The molecule has 4 rings (SSSR count). The van der Waals surface area contributed by atoms with Crippen LogP contribution in [0.1, 0.15) is 47.3 Å². The molecule has 0 bridgehead atoms. The van der Waals surface area contributed by atoms with Crippen molar-refractivity contribution >= 4 is 29.0 Å². The van der Waals surface area contributed by atoms with Gasteiger partial charge in [-0.05, 0) is 43.2 Å². The van der Waals surface area contributed by atoms with E-state index in [0.717, 1.165) is 41.8 Å². The van der Waals surface area contributed by atoms with E-state index >= 15 is 0 Å². The first-order valence-electron chi connectivity index (χ1n) is 8.49. The number of aromatic nitrogens is 2. The molecule has 0 saturated heterocycles. The van der Waals surface area contributed by atoms with Gasteiger partial charge in [0.25, 0.3) is 5.91 Å². The van der Waals surface area contributed by atoms with Crippen molar-refractivity contribution in [2.24, 2.45) is 5.92 Å². The Balaban J connectivity index is 1.73. The molecule has 2 unspecified atom stereocenters. The van der Waals surface area contributed by atoms with E-state index < -0.39 is 0 Å². The fourth-order valence-electron chi connectivity index (χ4n) is 3.85. The Morgan fingerprint density at radius 3 is 3.08 bits per heavy atom. The fourth-order valence-corrected chi connectivity index (χ4v) is 4.10. The first-order chi connectivity index (χ1) is 11.6. The van der Waals surface area contributed by atoms with Gasteiger partial charge in [-0.3, -0.25) is 4.79 Å². The molecule has 0 amide bonds. The van der Waals surface area contributed by atoms with E-state index in [0.29, 0.717) is 29.7 Å². The highest BCUT2D eigenvalue weighted by molar-refractivity contribution is 6.33. The van der Waals surface area contributed by atoms with Gasteiger partial charge in [0, 0.05) is 12.1 Å². The summed E-state index contributed by atoms with van der Waals surface area (Å²) in [7, 11) is 0. The van der Waals surface area contributed by atoms with Crippen LogP contribution in [-0.2, 0) is 12.8 Å². The minimum atomic E-state index is -0.263. The number of halogens is 1. The monoisotopic (exact) mass is 344 g/mol. The Labute approximate surface area is 146 Å². The van der Waals surface area contributed by atoms with Crippen LogP contribution in [0, 0.1) is 5.92 Å². The zero-order valence-corrected chi connectivity index (χ0v) is 14.4. The molecule has 1 aromatic carbocycles. The van der Waals surface area contributed by atoms with Crippen LogP contribution in [0.2, 0.25) is 5.02 Å². The van der Waals surface area contributed by atoms with Gasteiger partial charge in [-0.25, -0.2) is 0 Å². The van der Waals surface area contributed by atoms with Crippen molar-refractivity contribution in [1.29, 1.82) is 0 Å². The molecule has 24 heavy (non-hydrogen) atoms. The number of nitrogens with zero attached hydrogens (tertiary/aromatic N) is 2. The lowest BCUT2D eigenvalue weighted by atomic mass is 9.88. The van der Waals surface area contributed by atoms with Crippen molar-refractivity contribution in [2.75, 3.05) is 17.6 Å². The molecule has 0 saturated carbocycles. The third-order valence-corrected chi connectivity index (χ3v) is 5.51. The Morgan fingerprint density at radius 2 is 2.25 bits per heavy atom. The average molecular weight is 345 g/mol. The maximum atomic E-state index is 13.1. The van der Waals surface area contributed by atoms with Gasteiger partial charge in [-0.2, -0.15) is 9.78 Å². The molecular weight excluding hydrogens is 324 g/mol. The van der Waals surface area contributed by atoms with Gasteiger partial charge in [0.1, 0.15) is 5.82 Å². The predicted octanol–water partition coefficient (Wildman–Crippen LogP) is 3.48. The van der Waals surface area contributed by atoms with Gasteiger partial charge in [0.15, 0.2) is 0 Å². The van der Waals surface area contributed by atoms with Gasteiger partial charge in [-0.15, -0.1) is 0 Å². The summed E-state index contributed by atoms with van der Waals surface area (Å²) in [5.74, 6) is 0.787. The number of anilines is 2. The standard InChI is InChI=1S/C18H21ClN4O/c1-10-5-6-15-13(9-10)17(20)23(22-15)18(24)12-7-8-21-16-11(12)3-2-4-14(16)19/h2-4,10,12,21H,5-9,20H2,1H3. The quantitative estimate of drug-likeness (QED) is 0.830. The topological polar surface area (TPSA) is 72.9 Å². The largest absolute Gasteiger partial charge is 0.384 e. The molecule has 2 heterocycles. The van der Waals surface area contributed by atoms with Gasteiger partial charge in [-0.1, -0.05) is 30.7 Å². The zero-order valence-electron chi connectivity index (χ0n) is 13.7. The van der Waals surface area contributed by atoms with E-state index in [1.165, 1.54) is 4.68 Å². The van der Waals surface area contributed by atoms with Crippen LogP contribution in [0.25, 0.3) is 0 Å². The Hall–Kier alpha value is -2.01. The lowest BCUT2D eigenvalue weighted by molar-refractivity contribution is 0.0859. The minimum absolute atomic E-state index is 0.0560. The van der Waals surface area contributed by atoms with Crippen molar-refractivity contribution in [3.8, 4) is 0 Å². The van der Waals surface area contributed by atoms with Crippen LogP contribution >= 0.6 is 11.6 Å². The van der Waals surface area contributed by atoms with Crippen molar-refractivity contribution in [2.45, 2.75) is 38.5 Å². The van der Waals surface area contributed by atoms with Gasteiger partial charge in [0.05, 0.1) is 22.3 Å². The number of nitrogen functional groups attached to an aromatic ring is 1. The molecular formula is C18H21ClN4O. The summed E-state index contributed by atoms with van der Waals surface area (Å²) >= 11 is 6.27. The van der Waals surface area contributed by atoms with Gasteiger partial charge >= 0.3 is 0 Å². The third kappa shape index (κ3) is 2.38.